The predicted molar refractivity (Wildman–Crippen MR) is 66.6 cm³/mol. The lowest BCUT2D eigenvalue weighted by molar-refractivity contribution is -0.142. The van der Waals surface area contributed by atoms with Crippen molar-refractivity contribution in [3.05, 3.63) is 12.7 Å². The topological polar surface area (TPSA) is 66.4 Å². The van der Waals surface area contributed by atoms with Crippen molar-refractivity contribution in [3.8, 4) is 0 Å². The van der Waals surface area contributed by atoms with Gasteiger partial charge in [-0.15, -0.1) is 6.58 Å². The van der Waals surface area contributed by atoms with Crippen molar-refractivity contribution in [1.82, 2.24) is 5.32 Å². The standard InChI is InChI=1S/C11H19NO3S/c1-4-5-6-9(11(14)15)12-10(13)7-8(2)16-3/h4,8-9H,1,5-7H2,2-3H3,(H,12,13)(H,14,15). The van der Waals surface area contributed by atoms with Crippen molar-refractivity contribution in [2.75, 3.05) is 6.26 Å². The largest absolute Gasteiger partial charge is 0.480 e. The first-order valence-corrected chi connectivity index (χ1v) is 6.45. The molecule has 4 nitrogen and oxygen atoms in total. The van der Waals surface area contributed by atoms with Crippen molar-refractivity contribution in [3.63, 3.8) is 0 Å². The molecule has 5 heteroatoms. The van der Waals surface area contributed by atoms with Crippen molar-refractivity contribution >= 4 is 23.6 Å². The number of amides is 1. The zero-order chi connectivity index (χ0) is 12.6. The van der Waals surface area contributed by atoms with Crippen molar-refractivity contribution < 1.29 is 14.7 Å². The second-order valence-electron chi connectivity index (χ2n) is 3.57. The Labute approximate surface area is 100 Å². The van der Waals surface area contributed by atoms with E-state index >= 15 is 0 Å². The van der Waals surface area contributed by atoms with Crippen LogP contribution in [0.2, 0.25) is 0 Å². The van der Waals surface area contributed by atoms with Crippen LogP contribution in [0.3, 0.4) is 0 Å². The fourth-order valence-corrected chi connectivity index (χ4v) is 1.46. The number of carbonyl (C=O) groups is 2. The van der Waals surface area contributed by atoms with Gasteiger partial charge in [-0.05, 0) is 19.1 Å². The number of hydrogen-bond acceptors (Lipinski definition) is 3. The van der Waals surface area contributed by atoms with Crippen LogP contribution in [0.5, 0.6) is 0 Å². The first-order chi connectivity index (χ1) is 7.51. The number of rotatable bonds is 8. The van der Waals surface area contributed by atoms with E-state index in [2.05, 4.69) is 11.9 Å². The number of aliphatic carboxylic acids is 1. The zero-order valence-corrected chi connectivity index (χ0v) is 10.5. The summed E-state index contributed by atoms with van der Waals surface area (Å²) in [6.07, 6.45) is 4.88. The molecule has 0 fully saturated rings. The molecule has 2 atom stereocenters. The molecule has 0 aromatic rings. The fraction of sp³-hybridized carbons (Fsp3) is 0.636. The molecule has 0 rings (SSSR count). The minimum Gasteiger partial charge on any atom is -0.480 e. The van der Waals surface area contributed by atoms with E-state index in [1.54, 1.807) is 17.8 Å². The maximum Gasteiger partial charge on any atom is 0.326 e. The Kier molecular flexibility index (Phi) is 7.72. The third-order valence-electron chi connectivity index (χ3n) is 2.17. The van der Waals surface area contributed by atoms with E-state index in [0.717, 1.165) is 0 Å². The molecule has 0 heterocycles. The van der Waals surface area contributed by atoms with E-state index in [0.29, 0.717) is 19.3 Å². The Bertz CT molecular complexity index is 256. The molecular weight excluding hydrogens is 226 g/mol. The Morgan fingerprint density at radius 2 is 2.19 bits per heavy atom. The summed E-state index contributed by atoms with van der Waals surface area (Å²) in [5.74, 6) is -1.20. The molecule has 2 unspecified atom stereocenters. The summed E-state index contributed by atoms with van der Waals surface area (Å²) in [5.41, 5.74) is 0. The van der Waals surface area contributed by atoms with Gasteiger partial charge < -0.3 is 10.4 Å². The highest BCUT2D eigenvalue weighted by Crippen LogP contribution is 2.09. The lowest BCUT2D eigenvalue weighted by Gasteiger charge is -2.15. The molecule has 0 aromatic heterocycles. The summed E-state index contributed by atoms with van der Waals surface area (Å²) in [6.45, 7) is 5.46. The summed E-state index contributed by atoms with van der Waals surface area (Å²) in [6, 6.07) is -0.806. The van der Waals surface area contributed by atoms with Crippen LogP contribution in [0, 0.1) is 0 Å². The normalized spacial score (nSPS) is 13.9. The van der Waals surface area contributed by atoms with Gasteiger partial charge in [-0.2, -0.15) is 11.8 Å². The lowest BCUT2D eigenvalue weighted by atomic mass is 10.1. The van der Waals surface area contributed by atoms with Crippen LogP contribution in [0.15, 0.2) is 12.7 Å². The summed E-state index contributed by atoms with van der Waals surface area (Å²) >= 11 is 1.58. The number of carboxylic acid groups (broad SMARTS) is 1. The predicted octanol–water partition coefficient (Wildman–Crippen LogP) is 1.66. The third kappa shape index (κ3) is 6.50. The molecule has 0 radical (unpaired) electrons. The monoisotopic (exact) mass is 245 g/mol. The van der Waals surface area contributed by atoms with Gasteiger partial charge in [0.2, 0.25) is 5.91 Å². The van der Waals surface area contributed by atoms with Gasteiger partial charge in [0, 0.05) is 11.7 Å². The Morgan fingerprint density at radius 3 is 2.62 bits per heavy atom. The van der Waals surface area contributed by atoms with Gasteiger partial charge in [0.05, 0.1) is 0 Å². The first kappa shape index (κ1) is 15.0. The highest BCUT2D eigenvalue weighted by Gasteiger charge is 2.19. The van der Waals surface area contributed by atoms with Crippen molar-refractivity contribution in [2.45, 2.75) is 37.5 Å². The quantitative estimate of drug-likeness (QED) is 0.638. The van der Waals surface area contributed by atoms with E-state index in [9.17, 15) is 9.59 Å². The summed E-state index contributed by atoms with van der Waals surface area (Å²) in [7, 11) is 0. The number of carbonyl (C=O) groups excluding carboxylic acids is 1. The lowest BCUT2D eigenvalue weighted by Crippen LogP contribution is -2.41. The SMILES string of the molecule is C=CCCC(NC(=O)CC(C)SC)C(=O)O. The molecule has 92 valence electrons. The molecule has 16 heavy (non-hydrogen) atoms. The Hall–Kier alpha value is -0.970. The van der Waals surface area contributed by atoms with Gasteiger partial charge in [-0.25, -0.2) is 4.79 Å². The smallest absolute Gasteiger partial charge is 0.326 e. The summed E-state index contributed by atoms with van der Waals surface area (Å²) in [4.78, 5) is 22.3. The van der Waals surface area contributed by atoms with E-state index in [1.807, 2.05) is 13.2 Å². The van der Waals surface area contributed by atoms with Gasteiger partial charge in [0.25, 0.3) is 0 Å². The molecule has 0 aromatic carbocycles. The maximum absolute atomic E-state index is 11.5. The van der Waals surface area contributed by atoms with Crippen LogP contribution in [0.4, 0.5) is 0 Å². The minimum absolute atomic E-state index is 0.203. The molecule has 0 aliphatic carbocycles. The van der Waals surface area contributed by atoms with Gasteiger partial charge in [-0.1, -0.05) is 13.0 Å². The molecule has 0 aliphatic rings. The Balaban J connectivity index is 4.12. The molecule has 2 N–H and O–H groups in total. The molecular formula is C11H19NO3S. The number of carboxylic acids is 1. The van der Waals surface area contributed by atoms with Crippen LogP contribution in [0.25, 0.3) is 0 Å². The van der Waals surface area contributed by atoms with Crippen molar-refractivity contribution in [1.29, 1.82) is 0 Å². The highest BCUT2D eigenvalue weighted by atomic mass is 32.2. The number of thioether (sulfide) groups is 1. The molecule has 1 amide bonds. The van der Waals surface area contributed by atoms with Crippen LogP contribution < -0.4 is 5.32 Å². The van der Waals surface area contributed by atoms with Crippen LogP contribution >= 0.6 is 11.8 Å². The maximum atomic E-state index is 11.5. The molecule has 0 saturated heterocycles. The second kappa shape index (κ2) is 8.21. The first-order valence-electron chi connectivity index (χ1n) is 5.17. The molecule has 0 spiro atoms. The van der Waals surface area contributed by atoms with Crippen LogP contribution in [-0.4, -0.2) is 34.5 Å². The molecule has 0 aliphatic heterocycles. The van der Waals surface area contributed by atoms with Gasteiger partial charge in [-0.3, -0.25) is 4.79 Å². The number of nitrogens with one attached hydrogen (secondary N) is 1. The van der Waals surface area contributed by atoms with Crippen LogP contribution in [0.1, 0.15) is 26.2 Å². The average molecular weight is 245 g/mol. The van der Waals surface area contributed by atoms with Gasteiger partial charge in [0.15, 0.2) is 0 Å². The average Bonchev–Trinajstić information content (AvgIpc) is 2.23. The van der Waals surface area contributed by atoms with Gasteiger partial charge in [0.1, 0.15) is 6.04 Å². The number of allylic oxidation sites excluding steroid dienone is 1. The minimum atomic E-state index is -0.994. The van der Waals surface area contributed by atoms with E-state index < -0.39 is 12.0 Å². The van der Waals surface area contributed by atoms with E-state index in [-0.39, 0.29) is 11.2 Å². The van der Waals surface area contributed by atoms with Gasteiger partial charge >= 0.3 is 5.97 Å². The number of hydrogen-bond donors (Lipinski definition) is 2. The molecule has 0 saturated carbocycles. The van der Waals surface area contributed by atoms with Crippen LogP contribution in [-0.2, 0) is 9.59 Å². The fourth-order valence-electron chi connectivity index (χ4n) is 1.14. The zero-order valence-electron chi connectivity index (χ0n) is 9.73. The highest BCUT2D eigenvalue weighted by molar-refractivity contribution is 7.99. The second-order valence-corrected chi connectivity index (χ2v) is 4.85. The third-order valence-corrected chi connectivity index (χ3v) is 3.14. The van der Waals surface area contributed by atoms with E-state index in [1.165, 1.54) is 0 Å². The summed E-state index contributed by atoms with van der Waals surface area (Å²) < 4.78 is 0. The summed E-state index contributed by atoms with van der Waals surface area (Å²) in [5, 5.41) is 11.6. The molecule has 0 bridgehead atoms. The Morgan fingerprint density at radius 1 is 1.56 bits per heavy atom. The van der Waals surface area contributed by atoms with Crippen molar-refractivity contribution in [2.24, 2.45) is 0 Å². The van der Waals surface area contributed by atoms with E-state index in [4.69, 9.17) is 5.11 Å².